The average molecular weight is 275 g/mol. The third kappa shape index (κ3) is 2.55. The molecule has 108 valence electrons. The lowest BCUT2D eigenvalue weighted by atomic mass is 9.85. The summed E-state index contributed by atoms with van der Waals surface area (Å²) < 4.78 is 0. The van der Waals surface area contributed by atoms with E-state index in [-0.39, 0.29) is 12.5 Å². The molecule has 0 saturated carbocycles. The van der Waals surface area contributed by atoms with Crippen molar-refractivity contribution in [1.29, 1.82) is 0 Å². The average Bonchev–Trinajstić information content (AvgIpc) is 2.45. The molecule has 0 aromatic heterocycles. The van der Waals surface area contributed by atoms with E-state index >= 15 is 0 Å². The number of aliphatic carboxylic acids is 1. The van der Waals surface area contributed by atoms with E-state index in [9.17, 15) is 14.7 Å². The first-order chi connectivity index (χ1) is 9.36. The lowest BCUT2D eigenvalue weighted by molar-refractivity contribution is -0.141. The molecule has 1 amide bonds. The molecule has 1 N–H and O–H groups in total. The van der Waals surface area contributed by atoms with Gasteiger partial charge < -0.3 is 10.0 Å². The van der Waals surface area contributed by atoms with E-state index in [2.05, 4.69) is 0 Å². The van der Waals surface area contributed by atoms with Gasteiger partial charge in [0.05, 0.1) is 5.92 Å². The standard InChI is InChI=1S/C16H21NO3/c1-4-16(2,3)15(20)17-10-12(14(18)19)9-11-7-5-6-8-13(11)17/h5-8,12H,4,9-10H2,1-3H3,(H,18,19). The van der Waals surface area contributed by atoms with Crippen LogP contribution in [0.2, 0.25) is 0 Å². The number of carboxylic acid groups (broad SMARTS) is 1. The smallest absolute Gasteiger partial charge is 0.308 e. The molecule has 0 aliphatic carbocycles. The SMILES string of the molecule is CCC(C)(C)C(=O)N1CC(C(=O)O)Cc2ccccc21. The van der Waals surface area contributed by atoms with Crippen LogP contribution in [0.3, 0.4) is 0 Å². The van der Waals surface area contributed by atoms with Crippen LogP contribution in [0.1, 0.15) is 32.8 Å². The molecule has 1 aromatic carbocycles. The zero-order valence-corrected chi connectivity index (χ0v) is 12.2. The van der Waals surface area contributed by atoms with Gasteiger partial charge >= 0.3 is 5.97 Å². The summed E-state index contributed by atoms with van der Waals surface area (Å²) in [5.41, 5.74) is 1.32. The Morgan fingerprint density at radius 3 is 2.60 bits per heavy atom. The van der Waals surface area contributed by atoms with Gasteiger partial charge in [-0.3, -0.25) is 9.59 Å². The van der Waals surface area contributed by atoms with Gasteiger partial charge in [-0.15, -0.1) is 0 Å². The highest BCUT2D eigenvalue weighted by atomic mass is 16.4. The van der Waals surface area contributed by atoms with Gasteiger partial charge in [-0.25, -0.2) is 0 Å². The number of anilines is 1. The van der Waals surface area contributed by atoms with Crippen LogP contribution in [0.15, 0.2) is 24.3 Å². The maximum absolute atomic E-state index is 12.7. The number of para-hydroxylation sites is 1. The fraction of sp³-hybridized carbons (Fsp3) is 0.500. The van der Waals surface area contributed by atoms with E-state index in [4.69, 9.17) is 0 Å². The molecular weight excluding hydrogens is 254 g/mol. The lowest BCUT2D eigenvalue weighted by Gasteiger charge is -2.37. The van der Waals surface area contributed by atoms with Crippen molar-refractivity contribution in [2.75, 3.05) is 11.4 Å². The second kappa shape index (κ2) is 5.27. The Labute approximate surface area is 119 Å². The Balaban J connectivity index is 2.41. The first-order valence-electron chi connectivity index (χ1n) is 6.99. The lowest BCUT2D eigenvalue weighted by Crippen LogP contribution is -2.47. The van der Waals surface area contributed by atoms with E-state index in [1.54, 1.807) is 4.90 Å². The summed E-state index contributed by atoms with van der Waals surface area (Å²) in [6.45, 7) is 6.04. The normalized spacial score (nSPS) is 18.6. The van der Waals surface area contributed by atoms with Crippen molar-refractivity contribution in [2.24, 2.45) is 11.3 Å². The van der Waals surface area contributed by atoms with E-state index in [1.165, 1.54) is 0 Å². The van der Waals surface area contributed by atoms with Crippen molar-refractivity contribution >= 4 is 17.6 Å². The molecule has 1 aliphatic heterocycles. The minimum Gasteiger partial charge on any atom is -0.481 e. The molecule has 0 saturated heterocycles. The fourth-order valence-electron chi connectivity index (χ4n) is 2.47. The first-order valence-corrected chi connectivity index (χ1v) is 6.99. The molecule has 2 rings (SSSR count). The zero-order valence-electron chi connectivity index (χ0n) is 12.2. The Morgan fingerprint density at radius 2 is 2.00 bits per heavy atom. The summed E-state index contributed by atoms with van der Waals surface area (Å²) in [7, 11) is 0. The summed E-state index contributed by atoms with van der Waals surface area (Å²) in [5, 5.41) is 9.29. The van der Waals surface area contributed by atoms with Crippen molar-refractivity contribution < 1.29 is 14.7 Å². The maximum Gasteiger partial charge on any atom is 0.308 e. The summed E-state index contributed by atoms with van der Waals surface area (Å²) in [6, 6.07) is 7.58. The molecule has 0 bridgehead atoms. The van der Waals surface area contributed by atoms with E-state index < -0.39 is 17.3 Å². The quantitative estimate of drug-likeness (QED) is 0.922. The monoisotopic (exact) mass is 275 g/mol. The van der Waals surface area contributed by atoms with Gasteiger partial charge in [0, 0.05) is 17.6 Å². The third-order valence-electron chi connectivity index (χ3n) is 4.21. The zero-order chi connectivity index (χ0) is 14.9. The minimum atomic E-state index is -0.841. The van der Waals surface area contributed by atoms with Crippen LogP contribution in [-0.2, 0) is 16.0 Å². The van der Waals surface area contributed by atoms with Crippen molar-refractivity contribution in [2.45, 2.75) is 33.6 Å². The number of hydrogen-bond donors (Lipinski definition) is 1. The highest BCUT2D eigenvalue weighted by Gasteiger charge is 2.37. The Morgan fingerprint density at radius 1 is 1.35 bits per heavy atom. The minimum absolute atomic E-state index is 0.00148. The second-order valence-electron chi connectivity index (χ2n) is 6.02. The van der Waals surface area contributed by atoms with Gasteiger partial charge in [-0.05, 0) is 24.5 Å². The largest absolute Gasteiger partial charge is 0.481 e. The molecule has 4 heteroatoms. The summed E-state index contributed by atoms with van der Waals surface area (Å²) >= 11 is 0. The van der Waals surface area contributed by atoms with Crippen molar-refractivity contribution in [3.05, 3.63) is 29.8 Å². The van der Waals surface area contributed by atoms with Gasteiger partial charge in [0.15, 0.2) is 0 Å². The Kier molecular flexibility index (Phi) is 3.84. The van der Waals surface area contributed by atoms with Crippen molar-refractivity contribution in [3.8, 4) is 0 Å². The van der Waals surface area contributed by atoms with Gasteiger partial charge in [0.25, 0.3) is 0 Å². The Bertz CT molecular complexity index is 536. The molecule has 1 heterocycles. The van der Waals surface area contributed by atoms with Gasteiger partial charge in [-0.1, -0.05) is 39.0 Å². The van der Waals surface area contributed by atoms with Crippen LogP contribution in [0.4, 0.5) is 5.69 Å². The molecule has 0 fully saturated rings. The number of benzene rings is 1. The molecular formula is C16H21NO3. The number of carbonyl (C=O) groups excluding carboxylic acids is 1. The molecule has 1 atom stereocenters. The summed E-state index contributed by atoms with van der Waals surface area (Å²) in [4.78, 5) is 25.7. The number of rotatable bonds is 3. The molecule has 20 heavy (non-hydrogen) atoms. The highest BCUT2D eigenvalue weighted by Crippen LogP contribution is 2.34. The predicted molar refractivity (Wildman–Crippen MR) is 77.7 cm³/mol. The van der Waals surface area contributed by atoms with Crippen molar-refractivity contribution in [3.63, 3.8) is 0 Å². The molecule has 1 unspecified atom stereocenters. The van der Waals surface area contributed by atoms with Gasteiger partial charge in [-0.2, -0.15) is 0 Å². The van der Waals surface area contributed by atoms with Crippen molar-refractivity contribution in [1.82, 2.24) is 0 Å². The van der Waals surface area contributed by atoms with E-state index in [0.29, 0.717) is 6.42 Å². The van der Waals surface area contributed by atoms with E-state index in [0.717, 1.165) is 17.7 Å². The number of hydrogen-bond acceptors (Lipinski definition) is 2. The van der Waals surface area contributed by atoms with E-state index in [1.807, 2.05) is 45.0 Å². The van der Waals surface area contributed by atoms with Crippen LogP contribution in [0, 0.1) is 11.3 Å². The van der Waals surface area contributed by atoms with Crippen LogP contribution in [0.25, 0.3) is 0 Å². The number of amides is 1. The molecule has 0 radical (unpaired) electrons. The second-order valence-corrected chi connectivity index (χ2v) is 6.02. The molecule has 0 spiro atoms. The number of carbonyl (C=O) groups is 2. The van der Waals surface area contributed by atoms with Gasteiger partial charge in [0.2, 0.25) is 5.91 Å². The van der Waals surface area contributed by atoms with Crippen LogP contribution < -0.4 is 4.90 Å². The molecule has 1 aliphatic rings. The predicted octanol–water partition coefficient (Wildman–Crippen LogP) is 2.71. The van der Waals surface area contributed by atoms with Crippen LogP contribution in [0.5, 0.6) is 0 Å². The van der Waals surface area contributed by atoms with Crippen LogP contribution in [-0.4, -0.2) is 23.5 Å². The topological polar surface area (TPSA) is 57.6 Å². The summed E-state index contributed by atoms with van der Waals surface area (Å²) in [6.07, 6.45) is 1.21. The number of carboxylic acids is 1. The van der Waals surface area contributed by atoms with Gasteiger partial charge in [0.1, 0.15) is 0 Å². The fourth-order valence-corrected chi connectivity index (χ4v) is 2.47. The Hall–Kier alpha value is -1.84. The van der Waals surface area contributed by atoms with Crippen LogP contribution >= 0.6 is 0 Å². The molecule has 4 nitrogen and oxygen atoms in total. The highest BCUT2D eigenvalue weighted by molar-refractivity contribution is 5.99. The number of fused-ring (bicyclic) bond motifs is 1. The number of nitrogens with zero attached hydrogens (tertiary/aromatic N) is 1. The third-order valence-corrected chi connectivity index (χ3v) is 4.21. The first kappa shape index (κ1) is 14.6. The maximum atomic E-state index is 12.7. The molecule has 1 aromatic rings. The summed E-state index contributed by atoms with van der Waals surface area (Å²) in [5.74, 6) is -1.37.